The second kappa shape index (κ2) is 7.35. The number of nitrogens with zero attached hydrogens (tertiary/aromatic N) is 3. The average molecular weight is 420 g/mol. The molecule has 0 fully saturated rings. The summed E-state index contributed by atoms with van der Waals surface area (Å²) in [6, 6.07) is 7.68. The highest BCUT2D eigenvalue weighted by Gasteiger charge is 2.15. The molecular weight excluding hydrogens is 407 g/mol. The Morgan fingerprint density at radius 1 is 1.04 bits per heavy atom. The highest BCUT2D eigenvalue weighted by molar-refractivity contribution is 6.35. The van der Waals surface area contributed by atoms with Gasteiger partial charge in [-0.3, -0.25) is 10.1 Å². The molecule has 0 aliphatic heterocycles. The van der Waals surface area contributed by atoms with Gasteiger partial charge in [-0.2, -0.15) is 5.10 Å². The van der Waals surface area contributed by atoms with Crippen molar-refractivity contribution in [2.24, 2.45) is 0 Å². The van der Waals surface area contributed by atoms with Crippen LogP contribution < -0.4 is 4.74 Å². The highest BCUT2D eigenvalue weighted by atomic mass is 35.5. The third-order valence-corrected chi connectivity index (χ3v) is 5.06. The quantitative estimate of drug-likeness (QED) is 0.449. The van der Waals surface area contributed by atoms with Crippen LogP contribution in [-0.2, 0) is 6.61 Å². The Labute approximate surface area is 170 Å². The Hall–Kier alpha value is -2.34. The molecule has 0 aliphatic carbocycles. The van der Waals surface area contributed by atoms with Gasteiger partial charge in [0.2, 0.25) is 0 Å². The Balaban J connectivity index is 1.79. The van der Waals surface area contributed by atoms with Gasteiger partial charge >= 0.3 is 0 Å². The van der Waals surface area contributed by atoms with Crippen molar-refractivity contribution in [3.05, 3.63) is 69.2 Å². The number of hydrogen-bond donors (Lipinski definition) is 1. The molecule has 4 rings (SSSR count). The molecule has 0 radical (unpaired) electrons. The number of aromatic amines is 1. The van der Waals surface area contributed by atoms with E-state index in [4.69, 9.17) is 39.5 Å². The van der Waals surface area contributed by atoms with Crippen molar-refractivity contribution in [1.29, 1.82) is 0 Å². The maximum absolute atomic E-state index is 6.26. The van der Waals surface area contributed by atoms with E-state index in [1.54, 1.807) is 6.20 Å². The Kier molecular flexibility index (Phi) is 4.91. The van der Waals surface area contributed by atoms with Crippen molar-refractivity contribution in [2.75, 3.05) is 0 Å². The summed E-state index contributed by atoms with van der Waals surface area (Å²) in [7, 11) is 0. The molecule has 8 heteroatoms. The molecule has 0 bridgehead atoms. The topological polar surface area (TPSA) is 63.7 Å². The summed E-state index contributed by atoms with van der Waals surface area (Å²) in [5.74, 6) is 0.622. The van der Waals surface area contributed by atoms with Crippen LogP contribution in [0.3, 0.4) is 0 Å². The fourth-order valence-corrected chi connectivity index (χ4v) is 3.53. The van der Waals surface area contributed by atoms with E-state index < -0.39 is 0 Å². The monoisotopic (exact) mass is 418 g/mol. The molecule has 0 saturated carbocycles. The van der Waals surface area contributed by atoms with Crippen LogP contribution in [0.2, 0.25) is 15.1 Å². The zero-order valence-electron chi connectivity index (χ0n) is 14.1. The van der Waals surface area contributed by atoms with Gasteiger partial charge in [0.05, 0.1) is 27.0 Å². The fourth-order valence-electron chi connectivity index (χ4n) is 2.86. The van der Waals surface area contributed by atoms with Crippen LogP contribution in [0.1, 0.15) is 11.3 Å². The minimum atomic E-state index is 0.203. The van der Waals surface area contributed by atoms with Gasteiger partial charge in [0.25, 0.3) is 0 Å². The van der Waals surface area contributed by atoms with E-state index in [1.165, 1.54) is 12.4 Å². The van der Waals surface area contributed by atoms with E-state index in [2.05, 4.69) is 20.2 Å². The molecule has 136 valence electrons. The average Bonchev–Trinajstić information content (AvgIpc) is 3.06. The van der Waals surface area contributed by atoms with Gasteiger partial charge in [0.1, 0.15) is 17.9 Å². The molecule has 1 aromatic carbocycles. The van der Waals surface area contributed by atoms with Crippen molar-refractivity contribution in [3.63, 3.8) is 0 Å². The molecule has 5 nitrogen and oxygen atoms in total. The van der Waals surface area contributed by atoms with Crippen LogP contribution in [0.25, 0.3) is 22.2 Å². The second-order valence-corrected chi connectivity index (χ2v) is 7.15. The van der Waals surface area contributed by atoms with Crippen molar-refractivity contribution in [1.82, 2.24) is 20.2 Å². The number of rotatable bonds is 4. The van der Waals surface area contributed by atoms with Crippen molar-refractivity contribution in [2.45, 2.75) is 13.5 Å². The van der Waals surface area contributed by atoms with Gasteiger partial charge in [-0.05, 0) is 19.1 Å². The smallest absolute Gasteiger partial charge is 0.146 e. The number of nitrogens with one attached hydrogen (secondary N) is 1. The van der Waals surface area contributed by atoms with E-state index in [0.717, 1.165) is 27.9 Å². The van der Waals surface area contributed by atoms with Gasteiger partial charge in [-0.1, -0.05) is 46.9 Å². The molecule has 0 aliphatic rings. The van der Waals surface area contributed by atoms with Crippen molar-refractivity contribution in [3.8, 4) is 17.0 Å². The van der Waals surface area contributed by atoms with Gasteiger partial charge < -0.3 is 4.74 Å². The zero-order valence-corrected chi connectivity index (χ0v) is 16.4. The third-order valence-electron chi connectivity index (χ3n) is 4.12. The lowest BCUT2D eigenvalue weighted by Gasteiger charge is -2.13. The van der Waals surface area contributed by atoms with Crippen LogP contribution in [0.15, 0.2) is 42.9 Å². The number of fused-ring (bicyclic) bond motifs is 1. The van der Waals surface area contributed by atoms with Gasteiger partial charge in [-0.15, -0.1) is 0 Å². The van der Waals surface area contributed by atoms with Gasteiger partial charge in [0.15, 0.2) is 0 Å². The molecular formula is C19H13Cl3N4O. The van der Waals surface area contributed by atoms with E-state index >= 15 is 0 Å². The zero-order chi connectivity index (χ0) is 19.0. The van der Waals surface area contributed by atoms with Crippen LogP contribution >= 0.6 is 34.8 Å². The summed E-state index contributed by atoms with van der Waals surface area (Å²) in [5, 5.41) is 9.30. The summed E-state index contributed by atoms with van der Waals surface area (Å²) >= 11 is 18.6. The van der Waals surface area contributed by atoms with Crippen molar-refractivity contribution >= 4 is 45.7 Å². The van der Waals surface area contributed by atoms with E-state index in [-0.39, 0.29) is 6.61 Å². The Bertz CT molecular complexity index is 1120. The summed E-state index contributed by atoms with van der Waals surface area (Å²) in [5.41, 5.74) is 3.88. The number of ether oxygens (including phenoxy) is 1. The lowest BCUT2D eigenvalue weighted by Crippen LogP contribution is -2.00. The molecule has 0 spiro atoms. The number of hydrogen-bond acceptors (Lipinski definition) is 4. The summed E-state index contributed by atoms with van der Waals surface area (Å²) in [4.78, 5) is 8.61. The van der Waals surface area contributed by atoms with E-state index in [9.17, 15) is 0 Å². The van der Waals surface area contributed by atoms with Gasteiger partial charge in [0, 0.05) is 34.6 Å². The second-order valence-electron chi connectivity index (χ2n) is 5.93. The molecule has 27 heavy (non-hydrogen) atoms. The minimum Gasteiger partial charge on any atom is -0.487 e. The lowest BCUT2D eigenvalue weighted by atomic mass is 10.0. The molecule has 0 atom stereocenters. The molecule has 3 heterocycles. The number of H-pyrrole nitrogens is 1. The SMILES string of the molecule is Cc1cc(-c2[nH]ncc2Cl)c2cccc(OCc3c(Cl)cncc3Cl)c2n1. The molecule has 4 aromatic rings. The van der Waals surface area contributed by atoms with Crippen LogP contribution in [0.5, 0.6) is 5.75 Å². The Morgan fingerprint density at radius 3 is 2.52 bits per heavy atom. The van der Waals surface area contributed by atoms with Crippen LogP contribution in [0, 0.1) is 6.92 Å². The van der Waals surface area contributed by atoms with Crippen molar-refractivity contribution < 1.29 is 4.74 Å². The molecule has 3 aromatic heterocycles. The minimum absolute atomic E-state index is 0.203. The molecule has 0 amide bonds. The summed E-state index contributed by atoms with van der Waals surface area (Å²) < 4.78 is 6.01. The van der Waals surface area contributed by atoms with Crippen LogP contribution in [0.4, 0.5) is 0 Å². The van der Waals surface area contributed by atoms with Crippen LogP contribution in [-0.4, -0.2) is 20.2 Å². The Morgan fingerprint density at radius 2 is 1.81 bits per heavy atom. The maximum Gasteiger partial charge on any atom is 0.146 e. The highest BCUT2D eigenvalue weighted by Crippen LogP contribution is 2.35. The number of halogens is 3. The number of para-hydroxylation sites is 1. The first-order valence-electron chi connectivity index (χ1n) is 8.05. The normalized spacial score (nSPS) is 11.1. The molecule has 0 unspecified atom stereocenters. The number of pyridine rings is 2. The number of aryl methyl sites for hydroxylation is 1. The number of benzene rings is 1. The summed E-state index contributed by atoms with van der Waals surface area (Å²) in [6.45, 7) is 2.12. The number of aromatic nitrogens is 4. The largest absolute Gasteiger partial charge is 0.487 e. The molecule has 0 saturated heterocycles. The standard InChI is InChI=1S/C19H13Cl3N4O/c1-10-5-12(18-16(22)8-24-26-18)11-3-2-4-17(19(11)25-10)27-9-13-14(20)6-23-7-15(13)21/h2-8H,9H2,1H3,(H,24,26). The molecule has 1 N–H and O–H groups in total. The maximum atomic E-state index is 6.26. The van der Waals surface area contributed by atoms with Gasteiger partial charge in [-0.25, -0.2) is 4.98 Å². The first-order chi connectivity index (χ1) is 13.0. The fraction of sp³-hybridized carbons (Fsp3) is 0.105. The predicted octanol–water partition coefficient (Wildman–Crippen LogP) is 5.87. The van der Waals surface area contributed by atoms with E-state index in [0.29, 0.717) is 26.4 Å². The predicted molar refractivity (Wildman–Crippen MR) is 108 cm³/mol. The van der Waals surface area contributed by atoms with E-state index in [1.807, 2.05) is 31.2 Å². The summed E-state index contributed by atoms with van der Waals surface area (Å²) in [6.07, 6.45) is 4.65. The third kappa shape index (κ3) is 3.46. The first-order valence-corrected chi connectivity index (χ1v) is 9.18. The lowest BCUT2D eigenvalue weighted by molar-refractivity contribution is 0.309. The first kappa shape index (κ1) is 18.0.